The minimum atomic E-state index is -0.951. The summed E-state index contributed by atoms with van der Waals surface area (Å²) in [5.74, 6) is 1.10. The molecule has 3 aliphatic carbocycles. The van der Waals surface area contributed by atoms with E-state index in [0.29, 0.717) is 28.6 Å². The molecule has 1 aliphatic heterocycles. The van der Waals surface area contributed by atoms with Crippen molar-refractivity contribution in [2.24, 2.45) is 23.2 Å². The fraction of sp³-hybridized carbons (Fsp3) is 0.765. The van der Waals surface area contributed by atoms with Gasteiger partial charge in [-0.1, -0.05) is 20.8 Å². The SMILES string of the molecule is C=C(C)B1OC(=O)CN(C2CC3C[C@H]([C@H]2C)C3(C)C)CC(=O)O1. The predicted octanol–water partition coefficient (Wildman–Crippen LogP) is 2.06. The Labute approximate surface area is 138 Å². The van der Waals surface area contributed by atoms with Gasteiger partial charge in [0.15, 0.2) is 0 Å². The first-order valence-corrected chi connectivity index (χ1v) is 8.48. The number of allylic oxidation sites excluding steroid dienone is 1. The Morgan fingerprint density at radius 3 is 2.22 bits per heavy atom. The van der Waals surface area contributed by atoms with Crippen molar-refractivity contribution >= 4 is 19.1 Å². The van der Waals surface area contributed by atoms with Gasteiger partial charge in [0.25, 0.3) is 0 Å². The zero-order valence-electron chi connectivity index (χ0n) is 14.5. The molecule has 126 valence electrons. The van der Waals surface area contributed by atoms with Crippen molar-refractivity contribution in [1.82, 2.24) is 4.90 Å². The molecule has 0 aromatic rings. The molecule has 0 radical (unpaired) electrons. The van der Waals surface area contributed by atoms with Crippen LogP contribution < -0.4 is 0 Å². The van der Waals surface area contributed by atoms with Crippen LogP contribution in [0.5, 0.6) is 0 Å². The number of hydrogen-bond acceptors (Lipinski definition) is 5. The summed E-state index contributed by atoms with van der Waals surface area (Å²) in [7, 11) is -0.951. The first-order chi connectivity index (χ1) is 10.7. The Balaban J connectivity index is 1.73. The van der Waals surface area contributed by atoms with Crippen molar-refractivity contribution in [3.05, 3.63) is 12.1 Å². The van der Waals surface area contributed by atoms with Crippen molar-refractivity contribution in [1.29, 1.82) is 0 Å². The molecule has 6 heteroatoms. The lowest BCUT2D eigenvalue weighted by Crippen LogP contribution is -2.62. The van der Waals surface area contributed by atoms with Crippen molar-refractivity contribution in [2.75, 3.05) is 13.1 Å². The fourth-order valence-corrected chi connectivity index (χ4v) is 4.76. The molecule has 4 rings (SSSR count). The third-order valence-corrected chi connectivity index (χ3v) is 6.33. The van der Waals surface area contributed by atoms with Gasteiger partial charge in [-0.15, -0.1) is 6.58 Å². The molecule has 23 heavy (non-hydrogen) atoms. The average Bonchev–Trinajstić information content (AvgIpc) is 2.43. The first kappa shape index (κ1) is 16.6. The van der Waals surface area contributed by atoms with Crippen LogP contribution in [-0.4, -0.2) is 43.1 Å². The summed E-state index contributed by atoms with van der Waals surface area (Å²) in [5.41, 5.74) is 0.902. The lowest BCUT2D eigenvalue weighted by Gasteiger charge is -2.63. The van der Waals surface area contributed by atoms with Gasteiger partial charge in [0.1, 0.15) is 0 Å². The van der Waals surface area contributed by atoms with Crippen molar-refractivity contribution in [2.45, 2.75) is 46.6 Å². The summed E-state index contributed by atoms with van der Waals surface area (Å²) in [6, 6.07) is 0.244. The molecule has 3 saturated carbocycles. The normalized spacial score (nSPS) is 37.1. The van der Waals surface area contributed by atoms with E-state index < -0.39 is 7.12 Å². The molecular formula is C17H26BNO4. The molecule has 0 amide bonds. The highest BCUT2D eigenvalue weighted by Gasteiger charge is 2.57. The highest BCUT2D eigenvalue weighted by molar-refractivity contribution is 6.57. The zero-order valence-corrected chi connectivity index (χ0v) is 14.5. The second-order valence-electron chi connectivity index (χ2n) is 8.09. The number of nitrogens with zero attached hydrogens (tertiary/aromatic N) is 1. The maximum absolute atomic E-state index is 12.1. The number of carbonyl (C=O) groups excluding carboxylic acids is 2. The van der Waals surface area contributed by atoms with E-state index in [1.165, 1.54) is 6.42 Å². The Morgan fingerprint density at radius 1 is 1.22 bits per heavy atom. The molecule has 4 atom stereocenters. The van der Waals surface area contributed by atoms with E-state index in [9.17, 15) is 9.59 Å². The number of fused-ring (bicyclic) bond motifs is 2. The lowest BCUT2D eigenvalue weighted by molar-refractivity contribution is -0.160. The summed E-state index contributed by atoms with van der Waals surface area (Å²) < 4.78 is 10.5. The summed E-state index contributed by atoms with van der Waals surface area (Å²) in [6.07, 6.45) is 2.31. The maximum Gasteiger partial charge on any atom is 0.631 e. The quantitative estimate of drug-likeness (QED) is 0.729. The van der Waals surface area contributed by atoms with Gasteiger partial charge in [0, 0.05) is 6.04 Å². The largest absolute Gasteiger partial charge is 0.631 e. The Morgan fingerprint density at radius 2 is 1.78 bits per heavy atom. The first-order valence-electron chi connectivity index (χ1n) is 8.48. The van der Waals surface area contributed by atoms with Crippen LogP contribution >= 0.6 is 0 Å². The average molecular weight is 319 g/mol. The van der Waals surface area contributed by atoms with E-state index in [4.69, 9.17) is 9.31 Å². The zero-order chi connectivity index (χ0) is 16.9. The third kappa shape index (κ3) is 2.82. The monoisotopic (exact) mass is 319 g/mol. The fourth-order valence-electron chi connectivity index (χ4n) is 4.76. The van der Waals surface area contributed by atoms with Crippen LogP contribution in [0.3, 0.4) is 0 Å². The summed E-state index contributed by atoms with van der Waals surface area (Å²) in [6.45, 7) is 12.6. The molecule has 1 heterocycles. The van der Waals surface area contributed by atoms with E-state index in [2.05, 4.69) is 27.4 Å². The van der Waals surface area contributed by atoms with Crippen LogP contribution in [0.2, 0.25) is 0 Å². The Bertz CT molecular complexity index is 527. The van der Waals surface area contributed by atoms with Crippen LogP contribution in [0.4, 0.5) is 0 Å². The molecule has 0 aromatic carbocycles. The van der Waals surface area contributed by atoms with E-state index in [0.717, 1.165) is 6.42 Å². The predicted molar refractivity (Wildman–Crippen MR) is 87.3 cm³/mol. The van der Waals surface area contributed by atoms with Gasteiger partial charge < -0.3 is 9.31 Å². The molecule has 0 spiro atoms. The highest BCUT2D eigenvalue weighted by Crippen LogP contribution is 2.61. The maximum atomic E-state index is 12.1. The van der Waals surface area contributed by atoms with Gasteiger partial charge in [-0.25, -0.2) is 0 Å². The van der Waals surface area contributed by atoms with E-state index in [1.54, 1.807) is 6.92 Å². The van der Waals surface area contributed by atoms with Gasteiger partial charge in [-0.05, 0) is 48.4 Å². The Kier molecular flexibility index (Phi) is 4.07. The molecular weight excluding hydrogens is 293 g/mol. The van der Waals surface area contributed by atoms with Gasteiger partial charge in [-0.3, -0.25) is 14.5 Å². The van der Waals surface area contributed by atoms with Gasteiger partial charge in [0.2, 0.25) is 0 Å². The molecule has 0 aromatic heterocycles. The molecule has 1 saturated heterocycles. The third-order valence-electron chi connectivity index (χ3n) is 6.33. The topological polar surface area (TPSA) is 55.8 Å². The summed E-state index contributed by atoms with van der Waals surface area (Å²) in [5, 5.41) is 0. The minimum Gasteiger partial charge on any atom is -0.495 e. The van der Waals surface area contributed by atoms with E-state index in [-0.39, 0.29) is 31.1 Å². The molecule has 5 nitrogen and oxygen atoms in total. The number of rotatable bonds is 2. The van der Waals surface area contributed by atoms with E-state index >= 15 is 0 Å². The second kappa shape index (κ2) is 5.65. The van der Waals surface area contributed by atoms with Crippen LogP contribution in [0, 0.1) is 23.2 Å². The number of hydrogen-bond donors (Lipinski definition) is 0. The number of carbonyl (C=O) groups is 2. The molecule has 0 N–H and O–H groups in total. The van der Waals surface area contributed by atoms with Crippen molar-refractivity contribution < 1.29 is 18.9 Å². The summed E-state index contributed by atoms with van der Waals surface area (Å²) in [4.78, 5) is 26.2. The van der Waals surface area contributed by atoms with Crippen LogP contribution in [0.1, 0.15) is 40.5 Å². The highest BCUT2D eigenvalue weighted by atomic mass is 16.6. The van der Waals surface area contributed by atoms with Crippen LogP contribution in [-0.2, 0) is 18.9 Å². The van der Waals surface area contributed by atoms with Crippen molar-refractivity contribution in [3.63, 3.8) is 0 Å². The van der Waals surface area contributed by atoms with Crippen molar-refractivity contribution in [3.8, 4) is 0 Å². The second-order valence-corrected chi connectivity index (χ2v) is 8.09. The molecule has 4 fully saturated rings. The van der Waals surface area contributed by atoms with Gasteiger partial charge in [0.05, 0.1) is 13.1 Å². The standard InChI is InChI=1S/C17H26BNO4/c1-10(2)18-22-15(20)8-19(9-16(21)23-18)14-7-12-6-13(11(14)3)17(12,4)5/h11-14H,1,6-9H2,2-5H3/t11-,12?,13-,14?/m1/s1. The van der Waals surface area contributed by atoms with Gasteiger partial charge in [-0.2, -0.15) is 0 Å². The molecule has 4 aliphatic rings. The molecule has 2 unspecified atom stereocenters. The van der Waals surface area contributed by atoms with Gasteiger partial charge >= 0.3 is 19.1 Å². The smallest absolute Gasteiger partial charge is 0.495 e. The summed E-state index contributed by atoms with van der Waals surface area (Å²) >= 11 is 0. The van der Waals surface area contributed by atoms with E-state index in [1.807, 2.05) is 4.90 Å². The lowest BCUT2D eigenvalue weighted by atomic mass is 9.44. The minimum absolute atomic E-state index is 0.147. The Hall–Kier alpha value is -1.30. The molecule has 2 bridgehead atoms. The van der Waals surface area contributed by atoms with Crippen LogP contribution in [0.25, 0.3) is 0 Å². The van der Waals surface area contributed by atoms with Crippen LogP contribution in [0.15, 0.2) is 12.1 Å².